The highest BCUT2D eigenvalue weighted by atomic mass is 16.2. The Kier molecular flexibility index (Phi) is 4.65. The largest absolute Gasteiger partial charge is 0.346 e. The summed E-state index contributed by atoms with van der Waals surface area (Å²) in [5, 5.41) is 9.91. The fourth-order valence-corrected chi connectivity index (χ4v) is 3.49. The van der Waals surface area contributed by atoms with Crippen LogP contribution in [0.5, 0.6) is 0 Å². The maximum atomic E-state index is 12.8. The van der Waals surface area contributed by atoms with Crippen molar-refractivity contribution in [1.29, 1.82) is 0 Å². The number of fused-ring (bicyclic) bond motifs is 1. The number of urea groups is 1. The van der Waals surface area contributed by atoms with Crippen molar-refractivity contribution in [2.45, 2.75) is 38.6 Å². The number of aromatic amines is 1. The number of carbonyl (C=O) groups excluding carboxylic acids is 1. The van der Waals surface area contributed by atoms with Gasteiger partial charge in [-0.1, -0.05) is 32.0 Å². The summed E-state index contributed by atoms with van der Waals surface area (Å²) in [7, 11) is 3.75. The zero-order chi connectivity index (χ0) is 18.0. The molecule has 1 aromatic heterocycles. The van der Waals surface area contributed by atoms with E-state index in [1.54, 1.807) is 0 Å². The highest BCUT2D eigenvalue weighted by Gasteiger charge is 2.41. The van der Waals surface area contributed by atoms with Crippen molar-refractivity contribution >= 4 is 17.7 Å². The van der Waals surface area contributed by atoms with Crippen LogP contribution in [0, 0.1) is 0 Å². The van der Waals surface area contributed by atoms with Gasteiger partial charge in [0, 0.05) is 31.7 Å². The number of aromatic nitrogens is 3. The summed E-state index contributed by atoms with van der Waals surface area (Å²) in [6, 6.07) is 8.12. The lowest BCUT2D eigenvalue weighted by atomic mass is 9.78. The monoisotopic (exact) mass is 342 g/mol. The summed E-state index contributed by atoms with van der Waals surface area (Å²) in [4.78, 5) is 20.8. The van der Waals surface area contributed by atoms with Crippen molar-refractivity contribution in [1.82, 2.24) is 20.5 Å². The number of benzene rings is 1. The zero-order valence-electron chi connectivity index (χ0n) is 15.3. The fourth-order valence-electron chi connectivity index (χ4n) is 3.49. The van der Waals surface area contributed by atoms with Crippen molar-refractivity contribution in [2.75, 3.05) is 30.4 Å². The SMILES string of the molecule is CCC1(CC)CN(C(=O)NCc2nc(N(C)C)n[nH]2)c2ccccc21. The lowest BCUT2D eigenvalue weighted by Gasteiger charge is -2.27. The number of H-pyrrole nitrogens is 1. The molecule has 134 valence electrons. The number of carbonyl (C=O) groups is 1. The van der Waals surface area contributed by atoms with Crippen LogP contribution in [0.2, 0.25) is 0 Å². The van der Waals surface area contributed by atoms with Gasteiger partial charge in [0.05, 0.1) is 6.54 Å². The predicted molar refractivity (Wildman–Crippen MR) is 99.0 cm³/mol. The van der Waals surface area contributed by atoms with Gasteiger partial charge in [0.15, 0.2) is 0 Å². The van der Waals surface area contributed by atoms with E-state index in [0.29, 0.717) is 24.9 Å². The van der Waals surface area contributed by atoms with E-state index >= 15 is 0 Å². The molecule has 1 aromatic carbocycles. The maximum Gasteiger partial charge on any atom is 0.322 e. The molecule has 7 heteroatoms. The first kappa shape index (κ1) is 17.3. The minimum absolute atomic E-state index is 0.0399. The van der Waals surface area contributed by atoms with E-state index in [9.17, 15) is 4.79 Å². The Hall–Kier alpha value is -2.57. The van der Waals surface area contributed by atoms with Crippen molar-refractivity contribution in [3.63, 3.8) is 0 Å². The van der Waals surface area contributed by atoms with E-state index in [-0.39, 0.29) is 11.4 Å². The topological polar surface area (TPSA) is 77.2 Å². The van der Waals surface area contributed by atoms with Crippen LogP contribution in [0.1, 0.15) is 38.1 Å². The molecule has 0 fully saturated rings. The molecule has 0 unspecified atom stereocenters. The van der Waals surface area contributed by atoms with Crippen LogP contribution in [0.3, 0.4) is 0 Å². The minimum atomic E-state index is -0.0981. The van der Waals surface area contributed by atoms with Gasteiger partial charge in [0.1, 0.15) is 5.82 Å². The number of hydrogen-bond donors (Lipinski definition) is 2. The van der Waals surface area contributed by atoms with Gasteiger partial charge in [0.25, 0.3) is 0 Å². The molecule has 2 aromatic rings. The third-order valence-corrected chi connectivity index (χ3v) is 5.15. The quantitative estimate of drug-likeness (QED) is 0.876. The summed E-state index contributed by atoms with van der Waals surface area (Å²) < 4.78 is 0. The Balaban J connectivity index is 1.74. The second kappa shape index (κ2) is 6.74. The van der Waals surface area contributed by atoms with Gasteiger partial charge >= 0.3 is 6.03 Å². The molecule has 2 heterocycles. The molecular formula is C18H26N6O. The van der Waals surface area contributed by atoms with Crippen LogP contribution in [0.25, 0.3) is 0 Å². The van der Waals surface area contributed by atoms with Crippen molar-refractivity contribution < 1.29 is 4.79 Å². The number of rotatable bonds is 5. The van der Waals surface area contributed by atoms with Gasteiger partial charge in [-0.05, 0) is 24.5 Å². The molecule has 0 saturated carbocycles. The van der Waals surface area contributed by atoms with Crippen LogP contribution >= 0.6 is 0 Å². The van der Waals surface area contributed by atoms with Crippen LogP contribution < -0.4 is 15.1 Å². The van der Waals surface area contributed by atoms with Crippen LogP contribution in [0.15, 0.2) is 24.3 Å². The second-order valence-electron chi connectivity index (χ2n) is 6.73. The highest BCUT2D eigenvalue weighted by molar-refractivity contribution is 5.95. The highest BCUT2D eigenvalue weighted by Crippen LogP contribution is 2.44. The standard InChI is InChI=1S/C18H26N6O/c1-5-18(6-2)12-24(14-10-8-7-9-13(14)18)17(25)19-11-15-20-16(22-21-15)23(3)4/h7-10H,5-6,11-12H2,1-4H3,(H,19,25)(H,20,21,22). The smallest absolute Gasteiger partial charge is 0.322 e. The Morgan fingerprint density at radius 3 is 2.68 bits per heavy atom. The van der Waals surface area contributed by atoms with Gasteiger partial charge in [-0.15, -0.1) is 5.10 Å². The summed E-state index contributed by atoms with van der Waals surface area (Å²) in [5.74, 6) is 1.24. The van der Waals surface area contributed by atoms with Gasteiger partial charge in [-0.25, -0.2) is 4.79 Å². The molecule has 7 nitrogen and oxygen atoms in total. The maximum absolute atomic E-state index is 12.8. The fraction of sp³-hybridized carbons (Fsp3) is 0.500. The molecule has 0 saturated heterocycles. The van der Waals surface area contributed by atoms with Gasteiger partial charge in [-0.2, -0.15) is 4.98 Å². The lowest BCUT2D eigenvalue weighted by Crippen LogP contribution is -2.42. The molecule has 1 aliphatic rings. The number of anilines is 2. The lowest BCUT2D eigenvalue weighted by molar-refractivity contribution is 0.244. The summed E-state index contributed by atoms with van der Waals surface area (Å²) in [5.41, 5.74) is 2.32. The van der Waals surface area contributed by atoms with Crippen LogP contribution in [-0.2, 0) is 12.0 Å². The molecule has 0 aliphatic carbocycles. The Morgan fingerprint density at radius 2 is 2.04 bits per heavy atom. The number of amides is 2. The van der Waals surface area contributed by atoms with E-state index in [1.807, 2.05) is 36.0 Å². The summed E-state index contributed by atoms with van der Waals surface area (Å²) in [6.45, 7) is 5.42. The Labute approximate surface area is 148 Å². The molecule has 2 N–H and O–H groups in total. The Bertz CT molecular complexity index is 750. The van der Waals surface area contributed by atoms with Gasteiger partial charge in [0.2, 0.25) is 5.95 Å². The minimum Gasteiger partial charge on any atom is -0.346 e. The molecule has 3 rings (SSSR count). The van der Waals surface area contributed by atoms with Crippen molar-refractivity contribution in [3.8, 4) is 0 Å². The molecule has 0 spiro atoms. The first-order valence-electron chi connectivity index (χ1n) is 8.74. The van der Waals surface area contributed by atoms with Gasteiger partial charge < -0.3 is 10.2 Å². The number of nitrogens with one attached hydrogen (secondary N) is 2. The number of nitrogens with zero attached hydrogens (tertiary/aromatic N) is 4. The third kappa shape index (κ3) is 3.06. The van der Waals surface area contributed by atoms with Gasteiger partial charge in [-0.3, -0.25) is 10.00 Å². The van der Waals surface area contributed by atoms with E-state index in [2.05, 4.69) is 46.5 Å². The van der Waals surface area contributed by atoms with E-state index < -0.39 is 0 Å². The van der Waals surface area contributed by atoms with E-state index in [0.717, 1.165) is 18.5 Å². The molecular weight excluding hydrogens is 316 g/mol. The molecule has 0 radical (unpaired) electrons. The average molecular weight is 342 g/mol. The molecule has 2 amide bonds. The van der Waals surface area contributed by atoms with Crippen LogP contribution in [-0.4, -0.2) is 41.9 Å². The van der Waals surface area contributed by atoms with E-state index in [4.69, 9.17) is 0 Å². The van der Waals surface area contributed by atoms with Crippen LogP contribution in [0.4, 0.5) is 16.4 Å². The normalized spacial score (nSPS) is 15.1. The first-order valence-corrected chi connectivity index (χ1v) is 8.74. The zero-order valence-corrected chi connectivity index (χ0v) is 15.3. The summed E-state index contributed by atoms with van der Waals surface area (Å²) >= 11 is 0. The third-order valence-electron chi connectivity index (χ3n) is 5.15. The first-order chi connectivity index (χ1) is 12.0. The molecule has 25 heavy (non-hydrogen) atoms. The van der Waals surface area contributed by atoms with E-state index in [1.165, 1.54) is 5.56 Å². The van der Waals surface area contributed by atoms with Crippen molar-refractivity contribution in [2.24, 2.45) is 0 Å². The van der Waals surface area contributed by atoms with Crippen molar-refractivity contribution in [3.05, 3.63) is 35.7 Å². The molecule has 0 atom stereocenters. The number of para-hydroxylation sites is 1. The predicted octanol–water partition coefficient (Wildman–Crippen LogP) is 2.66. The molecule has 0 bridgehead atoms. The second-order valence-corrected chi connectivity index (χ2v) is 6.73. The molecule has 1 aliphatic heterocycles. The Morgan fingerprint density at radius 1 is 1.32 bits per heavy atom. The average Bonchev–Trinajstić information content (AvgIpc) is 3.23. The summed E-state index contributed by atoms with van der Waals surface area (Å²) in [6.07, 6.45) is 2.02. The number of hydrogen-bond acceptors (Lipinski definition) is 4.